The van der Waals surface area contributed by atoms with Crippen LogP contribution >= 0.6 is 36.2 Å². The van der Waals surface area contributed by atoms with Gasteiger partial charge in [-0.1, -0.05) is 19.8 Å². The van der Waals surface area contributed by atoms with Crippen LogP contribution in [0.4, 0.5) is 0 Å². The Morgan fingerprint density at radius 2 is 2.23 bits per heavy atom. The third-order valence-corrected chi connectivity index (χ3v) is 5.26. The Balaban J connectivity index is 0.00000220. The van der Waals surface area contributed by atoms with Gasteiger partial charge < -0.3 is 11.1 Å². The van der Waals surface area contributed by atoms with E-state index in [2.05, 4.69) is 17.2 Å². The number of amides is 1. The largest absolute Gasteiger partial charge is 0.348 e. The molecule has 1 aromatic rings. The number of nitrogens with zero attached hydrogens (tertiary/aromatic N) is 1. The summed E-state index contributed by atoms with van der Waals surface area (Å²) in [5, 5.41) is 6.23. The molecule has 22 heavy (non-hydrogen) atoms. The van der Waals surface area contributed by atoms with Crippen molar-refractivity contribution in [3.05, 3.63) is 16.1 Å². The number of halogens is 2. The summed E-state index contributed by atoms with van der Waals surface area (Å²) in [6.07, 6.45) is 4.97. The monoisotopic (exact) mass is 367 g/mol. The maximum absolute atomic E-state index is 12.5. The summed E-state index contributed by atoms with van der Waals surface area (Å²) < 4.78 is 0. The van der Waals surface area contributed by atoms with E-state index in [9.17, 15) is 4.79 Å². The maximum atomic E-state index is 12.5. The standard InChI is InChI=1S/C15H25N3OS.2ClH/c1-4-13-18-12(9-20-13)10(2)17-14(19)11-7-5-6-8-15(11,3)16;;/h9-11H,4-8,16H2,1-3H3,(H,17,19);2*1H. The second-order valence-electron chi connectivity index (χ2n) is 6.05. The quantitative estimate of drug-likeness (QED) is 0.853. The third kappa shape index (κ3) is 5.08. The van der Waals surface area contributed by atoms with Crippen molar-refractivity contribution in [2.24, 2.45) is 11.7 Å². The van der Waals surface area contributed by atoms with Gasteiger partial charge in [0.2, 0.25) is 5.91 Å². The second kappa shape index (κ2) is 9.06. The van der Waals surface area contributed by atoms with Gasteiger partial charge in [0.1, 0.15) is 0 Å². The molecule has 128 valence electrons. The number of hydrogen-bond donors (Lipinski definition) is 2. The molecule has 1 fully saturated rings. The summed E-state index contributed by atoms with van der Waals surface area (Å²) in [4.78, 5) is 17.0. The zero-order valence-electron chi connectivity index (χ0n) is 13.4. The lowest BCUT2D eigenvalue weighted by atomic mass is 9.74. The highest BCUT2D eigenvalue weighted by atomic mass is 35.5. The van der Waals surface area contributed by atoms with Crippen molar-refractivity contribution in [3.63, 3.8) is 0 Å². The Kier molecular flexibility index (Phi) is 8.91. The maximum Gasteiger partial charge on any atom is 0.225 e. The first-order chi connectivity index (χ1) is 9.44. The highest BCUT2D eigenvalue weighted by molar-refractivity contribution is 7.09. The van der Waals surface area contributed by atoms with Crippen molar-refractivity contribution >= 4 is 42.1 Å². The van der Waals surface area contributed by atoms with Crippen molar-refractivity contribution in [2.75, 3.05) is 0 Å². The molecule has 4 nitrogen and oxygen atoms in total. The molecule has 0 bridgehead atoms. The fourth-order valence-electron chi connectivity index (χ4n) is 2.86. The summed E-state index contributed by atoms with van der Waals surface area (Å²) in [5.74, 6) is -0.00349. The molecule has 0 saturated heterocycles. The number of thiazole rings is 1. The van der Waals surface area contributed by atoms with Gasteiger partial charge in [-0.05, 0) is 33.1 Å². The van der Waals surface area contributed by atoms with Crippen molar-refractivity contribution in [3.8, 4) is 0 Å². The summed E-state index contributed by atoms with van der Waals surface area (Å²) >= 11 is 1.65. The van der Waals surface area contributed by atoms with Crippen LogP contribution < -0.4 is 11.1 Å². The Morgan fingerprint density at radius 1 is 1.55 bits per heavy atom. The predicted molar refractivity (Wildman–Crippen MR) is 97.1 cm³/mol. The van der Waals surface area contributed by atoms with E-state index in [-0.39, 0.29) is 48.2 Å². The summed E-state index contributed by atoms with van der Waals surface area (Å²) in [7, 11) is 0. The Morgan fingerprint density at radius 3 is 2.77 bits per heavy atom. The fraction of sp³-hybridized carbons (Fsp3) is 0.733. The minimum Gasteiger partial charge on any atom is -0.348 e. The molecule has 0 spiro atoms. The van der Waals surface area contributed by atoms with E-state index in [4.69, 9.17) is 5.73 Å². The molecule has 0 aromatic carbocycles. The zero-order chi connectivity index (χ0) is 14.8. The lowest BCUT2D eigenvalue weighted by Gasteiger charge is -2.37. The van der Waals surface area contributed by atoms with Crippen LogP contribution in [0, 0.1) is 5.92 Å². The van der Waals surface area contributed by atoms with Gasteiger partial charge in [-0.25, -0.2) is 4.98 Å². The molecule has 3 N–H and O–H groups in total. The minimum atomic E-state index is -0.376. The van der Waals surface area contributed by atoms with Gasteiger partial charge in [-0.15, -0.1) is 36.2 Å². The first kappa shape index (κ1) is 21.6. The lowest BCUT2D eigenvalue weighted by Crippen LogP contribution is -2.53. The van der Waals surface area contributed by atoms with Crippen LogP contribution in [0.25, 0.3) is 0 Å². The van der Waals surface area contributed by atoms with Gasteiger partial charge >= 0.3 is 0 Å². The number of carbonyl (C=O) groups excluding carboxylic acids is 1. The molecule has 3 atom stereocenters. The smallest absolute Gasteiger partial charge is 0.225 e. The first-order valence-electron chi connectivity index (χ1n) is 7.47. The van der Waals surface area contributed by atoms with Crippen molar-refractivity contribution < 1.29 is 4.79 Å². The summed E-state index contributed by atoms with van der Waals surface area (Å²) in [5.41, 5.74) is 6.87. The Labute approximate surface area is 149 Å². The molecule has 0 aliphatic heterocycles. The van der Waals surface area contributed by atoms with Crippen LogP contribution in [0.3, 0.4) is 0 Å². The molecule has 1 aliphatic rings. The minimum absolute atomic E-state index is 0. The highest BCUT2D eigenvalue weighted by Crippen LogP contribution is 2.32. The van der Waals surface area contributed by atoms with E-state index >= 15 is 0 Å². The number of carbonyl (C=O) groups is 1. The zero-order valence-corrected chi connectivity index (χ0v) is 15.9. The molecule has 1 heterocycles. The van der Waals surface area contributed by atoms with Gasteiger partial charge in [0.05, 0.1) is 22.7 Å². The van der Waals surface area contributed by atoms with Crippen LogP contribution in [0.2, 0.25) is 0 Å². The number of rotatable bonds is 4. The number of aryl methyl sites for hydroxylation is 1. The SMILES string of the molecule is CCc1nc(C(C)NC(=O)C2CCCCC2(C)N)cs1.Cl.Cl. The molecule has 7 heteroatoms. The molecule has 1 aromatic heterocycles. The molecular formula is C15H27Cl2N3OS. The van der Waals surface area contributed by atoms with Gasteiger partial charge in [0.15, 0.2) is 0 Å². The van der Waals surface area contributed by atoms with E-state index in [0.717, 1.165) is 42.8 Å². The van der Waals surface area contributed by atoms with Crippen molar-refractivity contribution in [2.45, 2.75) is 64.5 Å². The van der Waals surface area contributed by atoms with Crippen LogP contribution in [0.15, 0.2) is 5.38 Å². The average molecular weight is 368 g/mol. The second-order valence-corrected chi connectivity index (χ2v) is 7.00. The van der Waals surface area contributed by atoms with Crippen LogP contribution in [-0.4, -0.2) is 16.4 Å². The molecular weight excluding hydrogens is 341 g/mol. The van der Waals surface area contributed by atoms with Crippen LogP contribution in [-0.2, 0) is 11.2 Å². The van der Waals surface area contributed by atoms with E-state index in [1.54, 1.807) is 11.3 Å². The highest BCUT2D eigenvalue weighted by Gasteiger charge is 2.38. The Bertz CT molecular complexity index is 479. The summed E-state index contributed by atoms with van der Waals surface area (Å²) in [6.45, 7) is 6.08. The van der Waals surface area contributed by atoms with Gasteiger partial charge in [-0.2, -0.15) is 0 Å². The van der Waals surface area contributed by atoms with Gasteiger partial charge in [-0.3, -0.25) is 4.79 Å². The summed E-state index contributed by atoms with van der Waals surface area (Å²) in [6, 6.07) is -0.0447. The molecule has 1 aliphatic carbocycles. The molecule has 0 radical (unpaired) electrons. The van der Waals surface area contributed by atoms with E-state index < -0.39 is 0 Å². The topological polar surface area (TPSA) is 68.0 Å². The van der Waals surface area contributed by atoms with Crippen molar-refractivity contribution in [1.29, 1.82) is 0 Å². The number of hydrogen-bond acceptors (Lipinski definition) is 4. The van der Waals surface area contributed by atoms with E-state index in [1.165, 1.54) is 0 Å². The fourth-order valence-corrected chi connectivity index (χ4v) is 3.70. The lowest BCUT2D eigenvalue weighted by molar-refractivity contribution is -0.128. The average Bonchev–Trinajstić information content (AvgIpc) is 2.86. The van der Waals surface area contributed by atoms with Crippen LogP contribution in [0.5, 0.6) is 0 Å². The van der Waals surface area contributed by atoms with Crippen LogP contribution in [0.1, 0.15) is 63.2 Å². The van der Waals surface area contributed by atoms with Gasteiger partial charge in [0, 0.05) is 10.9 Å². The predicted octanol–water partition coefficient (Wildman–Crippen LogP) is 3.63. The number of nitrogens with two attached hydrogens (primary N) is 1. The molecule has 1 saturated carbocycles. The third-order valence-electron chi connectivity index (χ3n) is 4.25. The van der Waals surface area contributed by atoms with Crippen molar-refractivity contribution in [1.82, 2.24) is 10.3 Å². The normalized spacial score (nSPS) is 25.5. The van der Waals surface area contributed by atoms with Gasteiger partial charge in [0.25, 0.3) is 0 Å². The number of nitrogens with one attached hydrogen (secondary N) is 1. The van der Waals surface area contributed by atoms with E-state index in [1.807, 2.05) is 19.2 Å². The first-order valence-corrected chi connectivity index (χ1v) is 8.35. The Hall–Kier alpha value is -0.360. The van der Waals surface area contributed by atoms with E-state index in [0.29, 0.717) is 0 Å². The molecule has 3 unspecified atom stereocenters. The molecule has 2 rings (SSSR count). The number of aromatic nitrogens is 1. The molecule has 1 amide bonds.